The number of hydrogen-bond acceptors (Lipinski definition) is 6. The number of benzene rings is 2. The lowest BCUT2D eigenvalue weighted by Crippen LogP contribution is -2.60. The number of pyridine rings is 1. The highest BCUT2D eigenvalue weighted by molar-refractivity contribution is 5.98. The molecule has 0 spiro atoms. The zero-order valence-electron chi connectivity index (χ0n) is 20.6. The summed E-state index contributed by atoms with van der Waals surface area (Å²) < 4.78 is 44.7. The van der Waals surface area contributed by atoms with Crippen molar-refractivity contribution in [2.24, 2.45) is 0 Å². The molecule has 2 unspecified atom stereocenters. The average molecular weight is 484 g/mol. The number of hydrogen-bond donors (Lipinski definition) is 1. The van der Waals surface area contributed by atoms with Crippen molar-refractivity contribution in [3.05, 3.63) is 63.3 Å². The number of fused-ring (bicyclic) bond motifs is 2. The van der Waals surface area contributed by atoms with E-state index < -0.39 is 23.5 Å². The maximum Gasteiger partial charge on any atom is 0.256 e. The van der Waals surface area contributed by atoms with Crippen LogP contribution in [0.25, 0.3) is 21.9 Å². The SMILES string of the molecule is COC1(C)OC[C@H](c2[nH]c(=O)c3ccccc3c2-c2cc(F)c3c(c2C)CCCO3)OC1(C)OC. The molecule has 0 radical (unpaired) electrons. The number of methoxy groups -OCH3 is 2. The molecule has 2 aliphatic heterocycles. The van der Waals surface area contributed by atoms with Gasteiger partial charge in [0, 0.05) is 30.7 Å². The molecule has 0 amide bonds. The normalized spacial score (nSPS) is 26.4. The first-order valence-corrected chi connectivity index (χ1v) is 11.7. The zero-order valence-corrected chi connectivity index (χ0v) is 20.6. The molecule has 2 aliphatic rings. The highest BCUT2D eigenvalue weighted by Gasteiger charge is 2.54. The van der Waals surface area contributed by atoms with Gasteiger partial charge in [-0.15, -0.1) is 0 Å². The Hall–Kier alpha value is -2.78. The monoisotopic (exact) mass is 483 g/mol. The van der Waals surface area contributed by atoms with Crippen LogP contribution in [-0.4, -0.2) is 44.0 Å². The number of aromatic nitrogens is 1. The summed E-state index contributed by atoms with van der Waals surface area (Å²) >= 11 is 0. The van der Waals surface area contributed by atoms with Crippen LogP contribution in [0.15, 0.2) is 35.1 Å². The predicted octanol–water partition coefficient (Wildman–Crippen LogP) is 4.78. The van der Waals surface area contributed by atoms with E-state index in [0.717, 1.165) is 24.0 Å². The molecule has 3 aromatic rings. The third kappa shape index (κ3) is 3.67. The molecule has 1 N–H and O–H groups in total. The van der Waals surface area contributed by atoms with Gasteiger partial charge in [0.15, 0.2) is 11.6 Å². The van der Waals surface area contributed by atoms with E-state index in [1.807, 2.05) is 19.1 Å². The van der Waals surface area contributed by atoms with Crippen molar-refractivity contribution in [1.29, 1.82) is 0 Å². The third-order valence-corrected chi connectivity index (χ3v) is 7.47. The summed E-state index contributed by atoms with van der Waals surface area (Å²) in [4.78, 5) is 16.1. The summed E-state index contributed by atoms with van der Waals surface area (Å²) in [6.07, 6.45) is 0.835. The van der Waals surface area contributed by atoms with Gasteiger partial charge in [0.25, 0.3) is 5.56 Å². The van der Waals surface area contributed by atoms with Gasteiger partial charge in [0.05, 0.1) is 18.9 Å². The van der Waals surface area contributed by atoms with Crippen molar-refractivity contribution in [1.82, 2.24) is 4.98 Å². The molecule has 3 heterocycles. The maximum absolute atomic E-state index is 15.3. The van der Waals surface area contributed by atoms with Crippen LogP contribution in [0.3, 0.4) is 0 Å². The molecule has 0 aliphatic carbocycles. The first-order chi connectivity index (χ1) is 16.7. The Bertz CT molecular complexity index is 1350. The van der Waals surface area contributed by atoms with Crippen molar-refractivity contribution < 1.29 is 28.1 Å². The van der Waals surface area contributed by atoms with Crippen LogP contribution in [0.4, 0.5) is 4.39 Å². The Balaban J connectivity index is 1.76. The molecule has 186 valence electrons. The standard InChI is InChI=1S/C27H30FNO6/c1-15-16-11-8-12-33-24(16)20(28)13-19(15)22-17-9-6-7-10-18(17)25(30)29-23(22)21-14-34-26(2,31-4)27(3,32-5)35-21/h6-7,9-10,13,21H,8,11-12,14H2,1-5H3,(H,29,30)/t21-,26?,27?/m1/s1. The van der Waals surface area contributed by atoms with E-state index in [1.54, 1.807) is 26.0 Å². The Morgan fingerprint density at radius 2 is 1.83 bits per heavy atom. The number of ether oxygens (including phenoxy) is 5. The van der Waals surface area contributed by atoms with Gasteiger partial charge < -0.3 is 28.7 Å². The number of aromatic amines is 1. The largest absolute Gasteiger partial charge is 0.490 e. The molecule has 1 aromatic heterocycles. The van der Waals surface area contributed by atoms with Gasteiger partial charge in [-0.3, -0.25) is 4.79 Å². The van der Waals surface area contributed by atoms with Crippen LogP contribution in [0, 0.1) is 12.7 Å². The summed E-state index contributed by atoms with van der Waals surface area (Å²) in [5, 5.41) is 1.21. The molecule has 0 saturated carbocycles. The molecule has 5 rings (SSSR count). The van der Waals surface area contributed by atoms with Gasteiger partial charge in [-0.1, -0.05) is 18.2 Å². The fourth-order valence-electron chi connectivity index (χ4n) is 5.14. The summed E-state index contributed by atoms with van der Waals surface area (Å²) in [6, 6.07) is 8.79. The fraction of sp³-hybridized carbons (Fsp3) is 0.444. The summed E-state index contributed by atoms with van der Waals surface area (Å²) in [7, 11) is 3.03. The van der Waals surface area contributed by atoms with E-state index in [2.05, 4.69) is 4.98 Å². The van der Waals surface area contributed by atoms with E-state index in [1.165, 1.54) is 20.3 Å². The first-order valence-electron chi connectivity index (χ1n) is 11.7. The molecule has 3 atom stereocenters. The van der Waals surface area contributed by atoms with Crippen LogP contribution >= 0.6 is 0 Å². The van der Waals surface area contributed by atoms with Gasteiger partial charge in [-0.25, -0.2) is 4.39 Å². The molecule has 0 bridgehead atoms. The maximum atomic E-state index is 15.3. The lowest BCUT2D eigenvalue weighted by Gasteiger charge is -2.49. The Kier molecular flexibility index (Phi) is 5.96. The fourth-order valence-corrected chi connectivity index (χ4v) is 5.14. The minimum Gasteiger partial charge on any atom is -0.490 e. The second kappa shape index (κ2) is 8.71. The van der Waals surface area contributed by atoms with Crippen molar-refractivity contribution in [3.8, 4) is 16.9 Å². The zero-order chi connectivity index (χ0) is 25.0. The molecule has 7 nitrogen and oxygen atoms in total. The van der Waals surface area contributed by atoms with Crippen molar-refractivity contribution >= 4 is 10.8 Å². The molecule has 35 heavy (non-hydrogen) atoms. The Morgan fingerprint density at radius 3 is 2.54 bits per heavy atom. The minimum atomic E-state index is -1.27. The topological polar surface area (TPSA) is 79.0 Å². The van der Waals surface area contributed by atoms with Crippen LogP contribution in [0.1, 0.15) is 43.2 Å². The number of H-pyrrole nitrogens is 1. The number of rotatable bonds is 4. The lowest BCUT2D eigenvalue weighted by atomic mass is 9.88. The summed E-state index contributed by atoms with van der Waals surface area (Å²) in [5.41, 5.74) is 3.36. The van der Waals surface area contributed by atoms with Crippen molar-refractivity contribution in [2.45, 2.75) is 51.3 Å². The van der Waals surface area contributed by atoms with Crippen LogP contribution in [-0.2, 0) is 25.4 Å². The second-order valence-corrected chi connectivity index (χ2v) is 9.30. The smallest absolute Gasteiger partial charge is 0.256 e. The van der Waals surface area contributed by atoms with Gasteiger partial charge in [0.1, 0.15) is 6.10 Å². The van der Waals surface area contributed by atoms with Crippen LogP contribution < -0.4 is 10.3 Å². The van der Waals surface area contributed by atoms with Crippen molar-refractivity contribution in [2.75, 3.05) is 27.4 Å². The highest BCUT2D eigenvalue weighted by Crippen LogP contribution is 2.45. The quantitative estimate of drug-likeness (QED) is 0.575. The van der Waals surface area contributed by atoms with Gasteiger partial charge in [-0.2, -0.15) is 0 Å². The molecule has 2 aromatic carbocycles. The van der Waals surface area contributed by atoms with Crippen molar-refractivity contribution in [3.63, 3.8) is 0 Å². The van der Waals surface area contributed by atoms with E-state index >= 15 is 4.39 Å². The van der Waals surface area contributed by atoms with E-state index in [9.17, 15) is 4.79 Å². The summed E-state index contributed by atoms with van der Waals surface area (Å²) in [6.45, 7) is 6.02. The van der Waals surface area contributed by atoms with Gasteiger partial charge in [-0.05, 0) is 62.3 Å². The predicted molar refractivity (Wildman–Crippen MR) is 129 cm³/mol. The lowest BCUT2D eigenvalue weighted by molar-refractivity contribution is -0.433. The van der Waals surface area contributed by atoms with Gasteiger partial charge in [0.2, 0.25) is 11.6 Å². The molecule has 8 heteroatoms. The van der Waals surface area contributed by atoms with Gasteiger partial charge >= 0.3 is 0 Å². The molecular formula is C27H30FNO6. The average Bonchev–Trinajstić information content (AvgIpc) is 2.88. The summed E-state index contributed by atoms with van der Waals surface area (Å²) in [5.74, 6) is -2.54. The Labute approximate surface area is 203 Å². The number of nitrogens with one attached hydrogen (secondary N) is 1. The second-order valence-electron chi connectivity index (χ2n) is 9.30. The Morgan fingerprint density at radius 1 is 1.11 bits per heavy atom. The molecule has 1 fully saturated rings. The molecular weight excluding hydrogens is 453 g/mol. The number of halogens is 1. The van der Waals surface area contributed by atoms with Crippen LogP contribution in [0.2, 0.25) is 0 Å². The van der Waals surface area contributed by atoms with E-state index in [-0.39, 0.29) is 12.2 Å². The van der Waals surface area contributed by atoms with E-state index in [0.29, 0.717) is 39.9 Å². The van der Waals surface area contributed by atoms with Crippen LogP contribution in [0.5, 0.6) is 5.75 Å². The highest BCUT2D eigenvalue weighted by atomic mass is 19.1. The first kappa shape index (κ1) is 23.9. The third-order valence-electron chi connectivity index (χ3n) is 7.47. The van der Waals surface area contributed by atoms with E-state index in [4.69, 9.17) is 23.7 Å². The minimum absolute atomic E-state index is 0.0974. The molecule has 1 saturated heterocycles.